The Bertz CT molecular complexity index is 639. The Hall–Kier alpha value is -1.43. The molecule has 2 saturated heterocycles. The number of ether oxygens (including phenoxy) is 1. The zero-order chi connectivity index (χ0) is 16.2. The first-order valence-electron chi connectivity index (χ1n) is 8.94. The van der Waals surface area contributed by atoms with Crippen LogP contribution in [-0.2, 0) is 17.7 Å². The number of nitrogens with zero attached hydrogens (tertiary/aromatic N) is 3. The molecule has 0 spiro atoms. The topological polar surface area (TPSA) is 28.6 Å². The lowest BCUT2D eigenvalue weighted by Gasteiger charge is -2.32. The van der Waals surface area contributed by atoms with Crippen LogP contribution in [0.3, 0.4) is 0 Å². The van der Waals surface area contributed by atoms with Gasteiger partial charge in [-0.1, -0.05) is 30.3 Å². The molecule has 2 aliphatic rings. The lowest BCUT2D eigenvalue weighted by atomic mass is 10.1. The van der Waals surface area contributed by atoms with Crippen LogP contribution in [0.1, 0.15) is 23.3 Å². The van der Waals surface area contributed by atoms with Crippen molar-refractivity contribution in [3.05, 3.63) is 47.0 Å². The summed E-state index contributed by atoms with van der Waals surface area (Å²) >= 11 is 1.86. The van der Waals surface area contributed by atoms with Crippen molar-refractivity contribution in [1.29, 1.82) is 0 Å². The van der Waals surface area contributed by atoms with Gasteiger partial charge in [0.2, 0.25) is 0 Å². The average molecular weight is 343 g/mol. The third-order valence-corrected chi connectivity index (χ3v) is 5.87. The molecule has 2 fully saturated rings. The first-order chi connectivity index (χ1) is 11.9. The van der Waals surface area contributed by atoms with Crippen LogP contribution in [0.5, 0.6) is 0 Å². The highest BCUT2D eigenvalue weighted by atomic mass is 32.1. The largest absolute Gasteiger partial charge is 0.375 e. The van der Waals surface area contributed by atoms with E-state index in [2.05, 4.69) is 51.3 Å². The lowest BCUT2D eigenvalue weighted by molar-refractivity contribution is -0.0302. The fourth-order valence-electron chi connectivity index (χ4n) is 3.57. The maximum Gasteiger partial charge on any atom is 0.185 e. The summed E-state index contributed by atoms with van der Waals surface area (Å²) in [6.07, 6.45) is 5.98. The van der Waals surface area contributed by atoms with Crippen molar-refractivity contribution in [2.45, 2.75) is 31.9 Å². The summed E-state index contributed by atoms with van der Waals surface area (Å²) in [6, 6.07) is 10.7. The highest BCUT2D eigenvalue weighted by molar-refractivity contribution is 7.15. The minimum Gasteiger partial charge on any atom is -0.375 e. The molecule has 128 valence electrons. The fourth-order valence-corrected chi connectivity index (χ4v) is 4.57. The number of thiazole rings is 1. The second-order valence-corrected chi connectivity index (χ2v) is 7.81. The maximum absolute atomic E-state index is 5.97. The van der Waals surface area contributed by atoms with Crippen LogP contribution in [0.2, 0.25) is 0 Å². The summed E-state index contributed by atoms with van der Waals surface area (Å²) in [5, 5.41) is 1.21. The van der Waals surface area contributed by atoms with Crippen molar-refractivity contribution in [3.8, 4) is 0 Å². The van der Waals surface area contributed by atoms with Gasteiger partial charge in [-0.3, -0.25) is 4.90 Å². The van der Waals surface area contributed by atoms with Crippen LogP contribution < -0.4 is 4.90 Å². The van der Waals surface area contributed by atoms with Crippen molar-refractivity contribution < 1.29 is 4.74 Å². The Labute approximate surface area is 148 Å². The Morgan fingerprint density at radius 3 is 2.79 bits per heavy atom. The molecular formula is C19H25N3OS. The van der Waals surface area contributed by atoms with E-state index in [0.29, 0.717) is 6.10 Å². The van der Waals surface area contributed by atoms with Crippen LogP contribution in [0.4, 0.5) is 5.13 Å². The molecule has 5 heteroatoms. The predicted molar refractivity (Wildman–Crippen MR) is 98.7 cm³/mol. The molecule has 0 N–H and O–H groups in total. The van der Waals surface area contributed by atoms with Gasteiger partial charge in [-0.25, -0.2) is 4.98 Å². The number of aromatic nitrogens is 1. The smallest absolute Gasteiger partial charge is 0.185 e. The van der Waals surface area contributed by atoms with Crippen molar-refractivity contribution in [1.82, 2.24) is 9.88 Å². The Morgan fingerprint density at radius 1 is 1.12 bits per heavy atom. The summed E-state index contributed by atoms with van der Waals surface area (Å²) in [5.74, 6) is 0. The van der Waals surface area contributed by atoms with Gasteiger partial charge < -0.3 is 9.64 Å². The molecule has 0 amide bonds. The monoisotopic (exact) mass is 343 g/mol. The molecule has 1 unspecified atom stereocenters. The zero-order valence-electron chi connectivity index (χ0n) is 14.1. The third-order valence-electron chi connectivity index (χ3n) is 4.83. The van der Waals surface area contributed by atoms with Crippen LogP contribution in [-0.4, -0.2) is 48.8 Å². The summed E-state index contributed by atoms with van der Waals surface area (Å²) in [4.78, 5) is 10.9. The molecule has 4 nitrogen and oxygen atoms in total. The van der Waals surface area contributed by atoms with Gasteiger partial charge in [0.1, 0.15) is 0 Å². The number of morpholine rings is 1. The van der Waals surface area contributed by atoms with E-state index in [0.717, 1.165) is 32.7 Å². The van der Waals surface area contributed by atoms with Crippen molar-refractivity contribution in [2.75, 3.05) is 37.7 Å². The van der Waals surface area contributed by atoms with Gasteiger partial charge in [0.15, 0.2) is 5.13 Å². The fraction of sp³-hybridized carbons (Fsp3) is 0.526. The standard InChI is InChI=1S/C19H25N3OS/c1-2-6-16(7-3-1)12-17-14-21(10-11-23-17)15-18-13-20-19(24-18)22-8-4-5-9-22/h1-3,6-7,13,17H,4-5,8-12,14-15H2. The van der Waals surface area contributed by atoms with E-state index >= 15 is 0 Å². The van der Waals surface area contributed by atoms with E-state index in [1.54, 1.807) is 0 Å². The predicted octanol–water partition coefficient (Wildman–Crippen LogP) is 3.19. The van der Waals surface area contributed by atoms with Crippen LogP contribution in [0, 0.1) is 0 Å². The van der Waals surface area contributed by atoms with Gasteiger partial charge in [-0.15, -0.1) is 11.3 Å². The quantitative estimate of drug-likeness (QED) is 0.834. The third kappa shape index (κ3) is 3.97. The molecule has 0 radical (unpaired) electrons. The van der Waals surface area contributed by atoms with Crippen LogP contribution in [0.15, 0.2) is 36.5 Å². The number of anilines is 1. The number of rotatable bonds is 5. The minimum absolute atomic E-state index is 0.298. The minimum atomic E-state index is 0.298. The van der Waals surface area contributed by atoms with Gasteiger partial charge in [0.25, 0.3) is 0 Å². The second kappa shape index (κ2) is 7.64. The molecule has 1 atom stereocenters. The summed E-state index contributed by atoms with van der Waals surface area (Å²) in [5.41, 5.74) is 1.36. The average Bonchev–Trinajstić information content (AvgIpc) is 3.27. The first kappa shape index (κ1) is 16.1. The van der Waals surface area contributed by atoms with E-state index in [-0.39, 0.29) is 0 Å². The number of benzene rings is 1. The second-order valence-electron chi connectivity index (χ2n) is 6.72. The van der Waals surface area contributed by atoms with Crippen molar-refractivity contribution >= 4 is 16.5 Å². The normalized spacial score (nSPS) is 22.2. The van der Waals surface area contributed by atoms with E-state index in [4.69, 9.17) is 4.74 Å². The van der Waals surface area contributed by atoms with Gasteiger partial charge in [0, 0.05) is 43.8 Å². The summed E-state index contributed by atoms with van der Waals surface area (Å²) < 4.78 is 5.97. The van der Waals surface area contributed by atoms with Crippen LogP contribution >= 0.6 is 11.3 Å². The van der Waals surface area contributed by atoms with Crippen molar-refractivity contribution in [3.63, 3.8) is 0 Å². The highest BCUT2D eigenvalue weighted by Gasteiger charge is 2.22. The van der Waals surface area contributed by atoms with Crippen LogP contribution in [0.25, 0.3) is 0 Å². The number of hydrogen-bond acceptors (Lipinski definition) is 5. The summed E-state index contributed by atoms with van der Waals surface area (Å²) in [6.45, 7) is 6.19. The Kier molecular flexibility index (Phi) is 5.11. The van der Waals surface area contributed by atoms with E-state index < -0.39 is 0 Å². The van der Waals surface area contributed by atoms with Gasteiger partial charge in [-0.05, 0) is 24.8 Å². The Morgan fingerprint density at radius 2 is 1.96 bits per heavy atom. The van der Waals surface area contributed by atoms with Gasteiger partial charge in [-0.2, -0.15) is 0 Å². The molecule has 1 aromatic heterocycles. The van der Waals surface area contributed by atoms with Crippen molar-refractivity contribution in [2.24, 2.45) is 0 Å². The first-order valence-corrected chi connectivity index (χ1v) is 9.76. The molecule has 2 aliphatic heterocycles. The highest BCUT2D eigenvalue weighted by Crippen LogP contribution is 2.27. The molecule has 4 rings (SSSR count). The van der Waals surface area contributed by atoms with E-state index in [9.17, 15) is 0 Å². The molecule has 0 saturated carbocycles. The van der Waals surface area contributed by atoms with E-state index in [1.807, 2.05) is 11.3 Å². The molecule has 24 heavy (non-hydrogen) atoms. The molecule has 3 heterocycles. The number of hydrogen-bond donors (Lipinski definition) is 0. The lowest BCUT2D eigenvalue weighted by Crippen LogP contribution is -2.42. The SMILES string of the molecule is c1ccc(CC2CN(Cc3cnc(N4CCCC4)s3)CCO2)cc1. The van der Waals surface area contributed by atoms with Gasteiger partial charge >= 0.3 is 0 Å². The Balaban J connectivity index is 1.33. The molecule has 0 bridgehead atoms. The molecule has 2 aromatic rings. The molecule has 0 aliphatic carbocycles. The zero-order valence-corrected chi connectivity index (χ0v) is 14.9. The maximum atomic E-state index is 5.97. The van der Waals surface area contributed by atoms with E-state index in [1.165, 1.54) is 41.5 Å². The molecular weight excluding hydrogens is 318 g/mol. The van der Waals surface area contributed by atoms with Gasteiger partial charge in [0.05, 0.1) is 12.7 Å². The molecule has 1 aromatic carbocycles. The summed E-state index contributed by atoms with van der Waals surface area (Å²) in [7, 11) is 0.